The van der Waals surface area contributed by atoms with Crippen molar-refractivity contribution in [3.63, 3.8) is 0 Å². The van der Waals surface area contributed by atoms with Crippen molar-refractivity contribution in [2.75, 3.05) is 20.0 Å². The van der Waals surface area contributed by atoms with Crippen LogP contribution >= 0.6 is 11.8 Å². The summed E-state index contributed by atoms with van der Waals surface area (Å²) >= 11 is 1.28. The van der Waals surface area contributed by atoms with Crippen molar-refractivity contribution in [3.8, 4) is 5.75 Å². The van der Waals surface area contributed by atoms with Crippen LogP contribution in [0, 0.1) is 0 Å². The Kier molecular flexibility index (Phi) is 12.2. The minimum absolute atomic E-state index is 0.00677. The Morgan fingerprint density at radius 2 is 1.87 bits per heavy atom. The summed E-state index contributed by atoms with van der Waals surface area (Å²) in [5, 5.41) is -0.00677. The van der Waals surface area contributed by atoms with Crippen LogP contribution in [0.15, 0.2) is 49.6 Å². The highest BCUT2D eigenvalue weighted by Crippen LogP contribution is 2.43. The molecule has 4 atom stereocenters. The van der Waals surface area contributed by atoms with E-state index in [1.54, 1.807) is 14.2 Å². The van der Waals surface area contributed by atoms with Crippen LogP contribution in [-0.2, 0) is 25.5 Å². The molecule has 2 fully saturated rings. The van der Waals surface area contributed by atoms with Crippen molar-refractivity contribution in [2.45, 2.75) is 94.8 Å². The molecule has 0 N–H and O–H groups in total. The zero-order chi connectivity index (χ0) is 27.4. The number of esters is 1. The summed E-state index contributed by atoms with van der Waals surface area (Å²) in [4.78, 5) is 27.6. The van der Waals surface area contributed by atoms with Crippen molar-refractivity contribution >= 4 is 23.0 Å². The summed E-state index contributed by atoms with van der Waals surface area (Å²) in [6, 6.07) is 7.40. The SMILES string of the molecule is C=CCCCCCC(=O)OC1C[C@@H](CCCC=C)O[C@@](OC)([C@@H]2CSC(=O)N2Cc2ccc(OC)cc2)C1. The number of carbonyl (C=O) groups excluding carboxylic acids is 2. The van der Waals surface area contributed by atoms with E-state index in [1.807, 2.05) is 41.3 Å². The first kappa shape index (κ1) is 30.3. The lowest BCUT2D eigenvalue weighted by Crippen LogP contribution is -2.60. The van der Waals surface area contributed by atoms with Crippen molar-refractivity contribution in [1.29, 1.82) is 0 Å². The molecule has 3 rings (SSSR count). The van der Waals surface area contributed by atoms with Gasteiger partial charge >= 0.3 is 5.97 Å². The number of unbranched alkanes of at least 4 members (excludes halogenated alkanes) is 4. The van der Waals surface area contributed by atoms with Gasteiger partial charge in [-0.1, -0.05) is 42.5 Å². The molecule has 0 radical (unpaired) electrons. The maximum atomic E-state index is 13.0. The fourth-order valence-corrected chi connectivity index (χ4v) is 6.30. The molecule has 38 heavy (non-hydrogen) atoms. The Hall–Kier alpha value is -2.29. The third-order valence-electron chi connectivity index (χ3n) is 7.27. The quantitative estimate of drug-likeness (QED) is 0.131. The minimum atomic E-state index is -1.06. The molecule has 0 aromatic heterocycles. The van der Waals surface area contributed by atoms with Gasteiger partial charge in [0.2, 0.25) is 0 Å². The summed E-state index contributed by atoms with van der Waals surface area (Å²) in [5.41, 5.74) is 0.996. The molecular weight excluding hydrogens is 502 g/mol. The summed E-state index contributed by atoms with van der Waals surface area (Å²) < 4.78 is 24.0. The molecule has 2 aliphatic heterocycles. The third kappa shape index (κ3) is 8.35. The molecule has 1 aromatic rings. The monoisotopic (exact) mass is 545 g/mol. The van der Waals surface area contributed by atoms with Gasteiger partial charge in [-0.2, -0.15) is 0 Å². The minimum Gasteiger partial charge on any atom is -0.497 e. The second kappa shape index (κ2) is 15.3. The van der Waals surface area contributed by atoms with E-state index in [9.17, 15) is 9.59 Å². The highest BCUT2D eigenvalue weighted by Gasteiger charge is 2.54. The number of benzene rings is 1. The van der Waals surface area contributed by atoms with Gasteiger partial charge in [0, 0.05) is 38.7 Å². The number of carbonyl (C=O) groups is 2. The van der Waals surface area contributed by atoms with Crippen LogP contribution in [0.5, 0.6) is 5.75 Å². The first-order valence-electron chi connectivity index (χ1n) is 13.6. The van der Waals surface area contributed by atoms with Gasteiger partial charge in [0.15, 0.2) is 5.79 Å². The lowest BCUT2D eigenvalue weighted by Gasteiger charge is -2.48. The van der Waals surface area contributed by atoms with Gasteiger partial charge in [0.25, 0.3) is 5.24 Å². The fourth-order valence-electron chi connectivity index (χ4n) is 5.21. The molecule has 0 bridgehead atoms. The Morgan fingerprint density at radius 3 is 2.55 bits per heavy atom. The Morgan fingerprint density at radius 1 is 1.13 bits per heavy atom. The predicted molar refractivity (Wildman–Crippen MR) is 151 cm³/mol. The number of allylic oxidation sites excluding steroid dienone is 2. The summed E-state index contributed by atoms with van der Waals surface area (Å²) in [6.07, 6.45) is 11.1. The number of rotatable bonds is 16. The summed E-state index contributed by atoms with van der Waals surface area (Å²) in [5.74, 6) is 0.0746. The van der Waals surface area contributed by atoms with Crippen molar-refractivity contribution in [1.82, 2.24) is 4.90 Å². The number of nitrogens with zero attached hydrogens (tertiary/aromatic N) is 1. The van der Waals surface area contributed by atoms with Gasteiger partial charge in [0.1, 0.15) is 11.9 Å². The number of methoxy groups -OCH3 is 2. The van der Waals surface area contributed by atoms with Gasteiger partial charge in [0.05, 0.1) is 19.3 Å². The van der Waals surface area contributed by atoms with E-state index in [0.29, 0.717) is 31.6 Å². The lowest BCUT2D eigenvalue weighted by atomic mass is 9.90. The first-order chi connectivity index (χ1) is 18.4. The normalized spacial score (nSPS) is 25.3. The van der Waals surface area contributed by atoms with Crippen molar-refractivity contribution in [3.05, 3.63) is 55.1 Å². The Bertz CT molecular complexity index is 922. The number of hydrogen-bond acceptors (Lipinski definition) is 7. The van der Waals surface area contributed by atoms with E-state index in [-0.39, 0.29) is 29.5 Å². The van der Waals surface area contributed by atoms with Crippen molar-refractivity contribution in [2.24, 2.45) is 0 Å². The van der Waals surface area contributed by atoms with E-state index in [1.165, 1.54) is 11.8 Å². The van der Waals surface area contributed by atoms with Crippen LogP contribution in [0.4, 0.5) is 4.79 Å². The van der Waals surface area contributed by atoms with E-state index < -0.39 is 5.79 Å². The molecule has 1 aromatic carbocycles. The molecule has 0 aliphatic carbocycles. The zero-order valence-electron chi connectivity index (χ0n) is 22.9. The fraction of sp³-hybridized carbons (Fsp3) is 0.600. The molecule has 2 saturated heterocycles. The zero-order valence-corrected chi connectivity index (χ0v) is 23.7. The third-order valence-corrected chi connectivity index (χ3v) is 8.23. The standard InChI is InChI=1S/C30H43NO6S/c1-5-7-9-10-12-14-28(32)36-26-19-25(13-11-8-6-2)37-30(20-26,35-4)27-22-38-29(33)31(27)21-23-15-17-24(34-3)18-16-23/h5-6,15-18,25-27H,1-2,7-14,19-22H2,3-4H3/t25-,26?,27+,30-/m1/s1. The molecule has 7 nitrogen and oxygen atoms in total. The van der Waals surface area contributed by atoms with Gasteiger partial charge in [-0.05, 0) is 56.2 Å². The lowest BCUT2D eigenvalue weighted by molar-refractivity contribution is -0.306. The number of ether oxygens (including phenoxy) is 4. The molecule has 8 heteroatoms. The number of thioether (sulfide) groups is 1. The maximum Gasteiger partial charge on any atom is 0.306 e. The average Bonchev–Trinajstić information content (AvgIpc) is 3.29. The number of amides is 1. The second-order valence-electron chi connectivity index (χ2n) is 9.98. The maximum absolute atomic E-state index is 13.0. The molecule has 1 amide bonds. The van der Waals surface area contributed by atoms with E-state index in [2.05, 4.69) is 13.2 Å². The molecule has 2 heterocycles. The number of hydrogen-bond donors (Lipinski definition) is 0. The second-order valence-corrected chi connectivity index (χ2v) is 11.0. The van der Waals surface area contributed by atoms with Crippen LogP contribution in [0.25, 0.3) is 0 Å². The van der Waals surface area contributed by atoms with Gasteiger partial charge in [-0.3, -0.25) is 9.59 Å². The van der Waals surface area contributed by atoms with E-state index in [0.717, 1.165) is 56.3 Å². The van der Waals surface area contributed by atoms with Crippen LogP contribution < -0.4 is 4.74 Å². The highest BCUT2D eigenvalue weighted by molar-refractivity contribution is 8.13. The molecule has 1 unspecified atom stereocenters. The molecule has 0 spiro atoms. The topological polar surface area (TPSA) is 74.3 Å². The highest BCUT2D eigenvalue weighted by atomic mass is 32.2. The summed E-state index contributed by atoms with van der Waals surface area (Å²) in [6.45, 7) is 8.01. The van der Waals surface area contributed by atoms with Gasteiger partial charge < -0.3 is 23.8 Å². The summed E-state index contributed by atoms with van der Waals surface area (Å²) in [7, 11) is 3.26. The predicted octanol–water partition coefficient (Wildman–Crippen LogP) is 6.66. The van der Waals surface area contributed by atoms with Crippen LogP contribution in [0.3, 0.4) is 0 Å². The van der Waals surface area contributed by atoms with Gasteiger partial charge in [-0.15, -0.1) is 13.2 Å². The molecule has 2 aliphatic rings. The largest absolute Gasteiger partial charge is 0.497 e. The molecule has 0 saturated carbocycles. The van der Waals surface area contributed by atoms with Crippen LogP contribution in [0.1, 0.15) is 69.8 Å². The smallest absolute Gasteiger partial charge is 0.306 e. The van der Waals surface area contributed by atoms with Crippen LogP contribution in [-0.4, -0.2) is 60.1 Å². The van der Waals surface area contributed by atoms with Crippen LogP contribution in [0.2, 0.25) is 0 Å². The molecular formula is C30H43NO6S. The Balaban J connectivity index is 1.75. The Labute approximate surface area is 231 Å². The average molecular weight is 546 g/mol. The van der Waals surface area contributed by atoms with Crippen molar-refractivity contribution < 1.29 is 28.5 Å². The van der Waals surface area contributed by atoms with Gasteiger partial charge in [-0.25, -0.2) is 0 Å². The molecule has 210 valence electrons. The first-order valence-corrected chi connectivity index (χ1v) is 14.6. The van der Waals surface area contributed by atoms with E-state index in [4.69, 9.17) is 18.9 Å². The van der Waals surface area contributed by atoms with E-state index >= 15 is 0 Å².